The molecule has 586 valence electrons. The molecule has 1 unspecified atom stereocenters. The molecule has 15 atom stereocenters. The summed E-state index contributed by atoms with van der Waals surface area (Å²) in [7, 11) is 3.39. The summed E-state index contributed by atoms with van der Waals surface area (Å²) in [6, 6.07) is -8.05. The molecule has 0 bridgehead atoms. The van der Waals surface area contributed by atoms with E-state index < -0.39 is 213 Å². The van der Waals surface area contributed by atoms with Crippen LogP contribution in [-0.2, 0) is 80.0 Å². The largest absolute Gasteiger partial charge is 0.508 e. The Morgan fingerprint density at radius 3 is 1.25 bits per heavy atom. The highest BCUT2D eigenvalue weighted by Crippen LogP contribution is 2.25. The van der Waals surface area contributed by atoms with Crippen molar-refractivity contribution in [1.82, 2.24) is 72.4 Å². The zero-order valence-electron chi connectivity index (χ0n) is 59.4. The Hall–Kier alpha value is -9.74. The number of nitrogens with two attached hydrogens (primary N) is 2. The normalized spacial score (nSPS) is 20.3. The number of amides is 13. The Labute approximate surface area is 610 Å². The van der Waals surface area contributed by atoms with Gasteiger partial charge in [-0.25, -0.2) is 4.79 Å². The molecule has 0 spiro atoms. The Kier molecular flexibility index (Phi) is 32.7. The number of carboxylic acid groups (broad SMARTS) is 1. The summed E-state index contributed by atoms with van der Waals surface area (Å²) >= 11 is 0. The third-order valence-electron chi connectivity index (χ3n) is 18.9. The molecule has 4 heterocycles. The molecular formula is C67H102N17O22+. The van der Waals surface area contributed by atoms with Gasteiger partial charge in [-0.05, 0) is 134 Å². The average molecular weight is 1500 g/mol. The molecule has 6 rings (SSSR count). The molecule has 0 radical (unpaired) electrons. The molecule has 39 nitrogen and oxygen atoms in total. The number of benzene rings is 2. The van der Waals surface area contributed by atoms with Gasteiger partial charge in [0.05, 0.1) is 32.5 Å². The summed E-state index contributed by atoms with van der Waals surface area (Å²) < 4.78 is 0. The van der Waals surface area contributed by atoms with Gasteiger partial charge < -0.3 is 120 Å². The highest BCUT2D eigenvalue weighted by atomic mass is 16.4. The fourth-order valence-corrected chi connectivity index (χ4v) is 12.9. The van der Waals surface area contributed by atoms with Crippen molar-refractivity contribution in [2.24, 2.45) is 11.5 Å². The van der Waals surface area contributed by atoms with Crippen molar-refractivity contribution in [1.29, 1.82) is 0 Å². The lowest BCUT2D eigenvalue weighted by Gasteiger charge is -2.32. The number of aliphatic hydroxyl groups is 5. The van der Waals surface area contributed by atoms with Gasteiger partial charge in [0.1, 0.15) is 90.3 Å². The van der Waals surface area contributed by atoms with E-state index in [0.29, 0.717) is 17.5 Å². The van der Waals surface area contributed by atoms with Gasteiger partial charge in [0.15, 0.2) is 6.04 Å². The second-order valence-corrected chi connectivity index (χ2v) is 26.9. The van der Waals surface area contributed by atoms with Gasteiger partial charge in [-0.3, -0.25) is 72.5 Å². The smallest absolute Gasteiger partial charge is 0.326 e. The molecule has 39 heteroatoms. The number of aliphatic carboxylic acids is 1. The fourth-order valence-electron chi connectivity index (χ4n) is 12.9. The van der Waals surface area contributed by atoms with Gasteiger partial charge in [-0.1, -0.05) is 24.3 Å². The van der Waals surface area contributed by atoms with Crippen LogP contribution in [-0.4, -0.2) is 312 Å². The molecule has 0 aromatic heterocycles. The number of nitrogens with one attached hydrogen (secondary N) is 9. The van der Waals surface area contributed by atoms with Gasteiger partial charge in [-0.2, -0.15) is 0 Å². The van der Waals surface area contributed by atoms with Crippen LogP contribution >= 0.6 is 0 Å². The average Bonchev–Trinajstić information content (AvgIpc) is 1.61. The van der Waals surface area contributed by atoms with Crippen molar-refractivity contribution in [2.75, 3.05) is 73.2 Å². The fraction of sp³-hybridized carbons (Fsp3) is 0.612. The molecule has 2 aromatic carbocycles. The Balaban J connectivity index is 1.14. The molecule has 24 N–H and O–H groups in total. The number of phenols is 2. The van der Waals surface area contributed by atoms with Gasteiger partial charge in [0, 0.05) is 45.4 Å². The van der Waals surface area contributed by atoms with Gasteiger partial charge >= 0.3 is 5.97 Å². The number of aromatic hydroxyl groups is 2. The minimum atomic E-state index is -1.84. The van der Waals surface area contributed by atoms with Crippen LogP contribution in [0.2, 0.25) is 0 Å². The third kappa shape index (κ3) is 23.6. The van der Waals surface area contributed by atoms with Crippen molar-refractivity contribution in [2.45, 2.75) is 188 Å². The van der Waals surface area contributed by atoms with Crippen LogP contribution in [0.1, 0.15) is 95.1 Å². The van der Waals surface area contributed by atoms with Crippen molar-refractivity contribution < 1.29 is 114 Å². The Morgan fingerprint density at radius 2 is 0.849 bits per heavy atom. The second kappa shape index (κ2) is 40.7. The van der Waals surface area contributed by atoms with Gasteiger partial charge in [0.2, 0.25) is 70.9 Å². The van der Waals surface area contributed by atoms with E-state index in [2.05, 4.69) is 53.6 Å². The first-order valence-corrected chi connectivity index (χ1v) is 35.1. The Morgan fingerprint density at radius 1 is 0.491 bits per heavy atom. The standard InChI is InChI=1S/C67H101N17O22/c1-35(89)53(65(104)83-27-7-12-50(83)60(99)73-42(22-23-52(69)92)56(95)77-47(34-88)64(103)84-28-8-13-51(84)66(105)106)79-57(96)43(30-37-16-20-39(91)21-17-37)74-55(94)41(9-4-24-71-67(70)80(2)3)72-59(98)48-10-5-25-81(48)63(102)46(33-87)78-58(97)44(31-85)75-61(100)49-11-6-26-82(49)62(101)45(32-86)76-54(93)40(68)29-36-14-18-38(90)19-15-36/h14-21,35,40-51,53,67,71,85-91H,4-13,22-34,68,70H2,1-3H3,(H2,69,92)(H,72,98)(H,73,99)(H,74,94)(H,75,100)(H,76,93)(H,77,95)(H,78,97)(H,79,96)(H,105,106)/p+1/t35-,40+,41+,42+,43+,44+,45+,46+,47+,48+,49+,50+,51+,53+,67?/m1/s1. The lowest BCUT2D eigenvalue weighted by Crippen LogP contribution is -2.70. The predicted octanol–water partition coefficient (Wildman–Crippen LogP) is -9.79. The predicted molar refractivity (Wildman–Crippen MR) is 370 cm³/mol. The molecule has 2 aromatic rings. The maximum absolute atomic E-state index is 14.8. The molecule has 106 heavy (non-hydrogen) atoms. The number of hydrogen-bond acceptors (Lipinski definition) is 24. The van der Waals surface area contributed by atoms with E-state index in [1.807, 2.05) is 0 Å². The minimum absolute atomic E-state index is 0.00388. The number of carbonyl (C=O) groups is 14. The molecule has 4 aliphatic rings. The van der Waals surface area contributed by atoms with Crippen LogP contribution in [0.5, 0.6) is 11.5 Å². The zero-order chi connectivity index (χ0) is 78.2. The number of rotatable bonds is 39. The van der Waals surface area contributed by atoms with Crippen molar-refractivity contribution in [3.63, 3.8) is 0 Å². The summed E-state index contributed by atoms with van der Waals surface area (Å²) in [6.45, 7) is -2.83. The second-order valence-electron chi connectivity index (χ2n) is 26.9. The summed E-state index contributed by atoms with van der Waals surface area (Å²) in [5, 5.41) is 105. The highest BCUT2D eigenvalue weighted by molar-refractivity contribution is 6.00. The topological polar surface area (TPSA) is 605 Å². The lowest BCUT2D eigenvalue weighted by atomic mass is 10.0. The minimum Gasteiger partial charge on any atom is -0.508 e. The maximum atomic E-state index is 14.8. The number of carboxylic acids is 1. The van der Waals surface area contributed by atoms with E-state index in [0.717, 1.165) is 26.5 Å². The molecule has 4 fully saturated rings. The Bertz CT molecular complexity index is 3430. The van der Waals surface area contributed by atoms with Gasteiger partial charge in [-0.15, -0.1) is 0 Å². The van der Waals surface area contributed by atoms with Crippen LogP contribution in [0.3, 0.4) is 0 Å². The monoisotopic (exact) mass is 1500 g/mol. The van der Waals surface area contributed by atoms with Crippen LogP contribution in [0.15, 0.2) is 48.5 Å². The molecule has 0 saturated carbocycles. The van der Waals surface area contributed by atoms with Crippen molar-refractivity contribution >= 4 is 82.8 Å². The van der Waals surface area contributed by atoms with E-state index in [9.17, 15) is 108 Å². The zero-order valence-corrected chi connectivity index (χ0v) is 59.4. The lowest BCUT2D eigenvalue weighted by molar-refractivity contribution is -0.403. The number of phenolic OH excluding ortho intramolecular Hbond substituents is 2. The van der Waals surface area contributed by atoms with E-state index in [4.69, 9.17) is 11.5 Å². The van der Waals surface area contributed by atoms with E-state index in [1.165, 1.54) is 36.4 Å². The number of carbonyl (C=O) groups excluding carboxylic acids is 13. The van der Waals surface area contributed by atoms with Crippen LogP contribution in [0.25, 0.3) is 0 Å². The van der Waals surface area contributed by atoms with Crippen LogP contribution < -0.4 is 65.1 Å². The van der Waals surface area contributed by atoms with Crippen molar-refractivity contribution in [3.8, 4) is 11.5 Å². The number of aliphatic hydroxyl groups excluding tert-OH is 5. The van der Waals surface area contributed by atoms with E-state index in [1.54, 1.807) is 31.1 Å². The first kappa shape index (κ1) is 85.2. The third-order valence-corrected chi connectivity index (χ3v) is 18.9. The van der Waals surface area contributed by atoms with Crippen LogP contribution in [0, 0.1) is 0 Å². The summed E-state index contributed by atoms with van der Waals surface area (Å²) in [4.78, 5) is 199. The molecule has 4 aliphatic heterocycles. The van der Waals surface area contributed by atoms with E-state index >= 15 is 0 Å². The first-order valence-electron chi connectivity index (χ1n) is 35.1. The number of likely N-dealkylation sites (tertiary alicyclic amines) is 4. The van der Waals surface area contributed by atoms with Gasteiger partial charge in [0.25, 0.3) is 5.91 Å². The summed E-state index contributed by atoms with van der Waals surface area (Å²) in [5.74, 6) is -13.8. The number of primary amides is 1. The SMILES string of the molecule is C[C@@H](O)[C@H](NC(=O)[C@H](Cc1ccc(O)cc1)NC(=O)[C@H](CCCNC(N)N(C)C)NC(=O)[C@@H]1CCCN1C(=O)[C@H](CO)NC(=O)[C@H](CO)NC(=O)[C@@H]1CCCN1C(=O)[C@H](CO)NC(=O)[C@@H]([NH3+])Cc1ccc(O)cc1)C(=O)N1CCC[C@H]1C(=O)N[C@@H](CCC(N)=O)C(=O)N[C@@H](CO)C(=O)N1CCC[C@H]1C(=O)O. The van der Waals surface area contributed by atoms with Crippen molar-refractivity contribution in [3.05, 3.63) is 59.7 Å². The number of hydrogen-bond donors (Lipinski definition) is 20. The molecule has 4 saturated heterocycles. The van der Waals surface area contributed by atoms with Crippen LogP contribution in [0.4, 0.5) is 0 Å². The first-order chi connectivity index (χ1) is 50.3. The number of nitrogens with zero attached hydrogens (tertiary/aromatic N) is 5. The summed E-state index contributed by atoms with van der Waals surface area (Å²) in [5.41, 5.74) is 16.4. The molecular weight excluding hydrogens is 1390 g/mol. The highest BCUT2D eigenvalue weighted by Gasteiger charge is 2.46. The summed E-state index contributed by atoms with van der Waals surface area (Å²) in [6.07, 6.45) is -2.36. The van der Waals surface area contributed by atoms with E-state index in [-0.39, 0.29) is 115 Å². The maximum Gasteiger partial charge on any atom is 0.326 e. The number of quaternary nitrogens is 1. The quantitative estimate of drug-likeness (QED) is 0.0218. The molecule has 13 amide bonds. The molecule has 0 aliphatic carbocycles.